The number of pyridine rings is 1. The van der Waals surface area contributed by atoms with Gasteiger partial charge in [-0.3, -0.25) is 9.78 Å². The van der Waals surface area contributed by atoms with Gasteiger partial charge < -0.3 is 9.80 Å². The average molecular weight is 373 g/mol. The number of carbonyl (C=O) groups excluding carboxylic acids is 1. The molecular formula is C22H23N5O. The van der Waals surface area contributed by atoms with Crippen molar-refractivity contribution in [3.8, 4) is 11.3 Å². The van der Waals surface area contributed by atoms with Gasteiger partial charge in [0.2, 0.25) is 5.91 Å². The summed E-state index contributed by atoms with van der Waals surface area (Å²) in [5.41, 5.74) is 4.10. The second-order valence-electron chi connectivity index (χ2n) is 6.98. The lowest BCUT2D eigenvalue weighted by Gasteiger charge is -2.35. The van der Waals surface area contributed by atoms with Crippen LogP contribution < -0.4 is 4.90 Å². The number of anilines is 1. The van der Waals surface area contributed by atoms with Crippen LogP contribution in [0.2, 0.25) is 0 Å². The highest BCUT2D eigenvalue weighted by Crippen LogP contribution is 2.19. The second kappa shape index (κ2) is 8.17. The molecule has 0 N–H and O–H groups in total. The van der Waals surface area contributed by atoms with Crippen LogP contribution in [0, 0.1) is 6.92 Å². The number of amides is 1. The normalized spacial score (nSPS) is 14.2. The topological polar surface area (TPSA) is 62.2 Å². The van der Waals surface area contributed by atoms with E-state index in [-0.39, 0.29) is 5.91 Å². The van der Waals surface area contributed by atoms with Crippen molar-refractivity contribution in [1.82, 2.24) is 20.1 Å². The van der Waals surface area contributed by atoms with Gasteiger partial charge in [0.05, 0.1) is 12.1 Å². The van der Waals surface area contributed by atoms with Crippen LogP contribution in [0.15, 0.2) is 60.9 Å². The van der Waals surface area contributed by atoms with E-state index in [1.807, 2.05) is 47.4 Å². The van der Waals surface area contributed by atoms with Crippen molar-refractivity contribution < 1.29 is 4.79 Å². The Balaban J connectivity index is 1.35. The van der Waals surface area contributed by atoms with E-state index in [4.69, 9.17) is 0 Å². The van der Waals surface area contributed by atoms with Crippen molar-refractivity contribution in [3.63, 3.8) is 0 Å². The third-order valence-electron chi connectivity index (χ3n) is 5.19. The van der Waals surface area contributed by atoms with Gasteiger partial charge in [0.15, 0.2) is 5.82 Å². The van der Waals surface area contributed by atoms with Gasteiger partial charge >= 0.3 is 0 Å². The summed E-state index contributed by atoms with van der Waals surface area (Å²) in [5.74, 6) is 1.04. The summed E-state index contributed by atoms with van der Waals surface area (Å²) >= 11 is 0. The van der Waals surface area contributed by atoms with Crippen LogP contribution >= 0.6 is 0 Å². The first-order chi connectivity index (χ1) is 13.7. The molecule has 1 aliphatic heterocycles. The lowest BCUT2D eigenvalue weighted by Crippen LogP contribution is -2.49. The van der Waals surface area contributed by atoms with Crippen molar-refractivity contribution >= 4 is 11.7 Å². The Morgan fingerprint density at radius 3 is 2.36 bits per heavy atom. The average Bonchev–Trinajstić information content (AvgIpc) is 2.76. The van der Waals surface area contributed by atoms with Crippen LogP contribution in [0.5, 0.6) is 0 Å². The van der Waals surface area contributed by atoms with Crippen molar-refractivity contribution in [3.05, 3.63) is 72.1 Å². The van der Waals surface area contributed by atoms with Crippen LogP contribution in [0.1, 0.15) is 11.1 Å². The molecule has 0 spiro atoms. The van der Waals surface area contributed by atoms with Gasteiger partial charge in [0.1, 0.15) is 0 Å². The van der Waals surface area contributed by atoms with Crippen LogP contribution in [0.25, 0.3) is 11.3 Å². The maximum absolute atomic E-state index is 12.6. The highest BCUT2D eigenvalue weighted by atomic mass is 16.2. The maximum atomic E-state index is 12.6. The van der Waals surface area contributed by atoms with E-state index in [0.29, 0.717) is 19.5 Å². The molecule has 0 unspecified atom stereocenters. The molecule has 1 aliphatic rings. The van der Waals surface area contributed by atoms with Crippen LogP contribution in [-0.2, 0) is 11.2 Å². The zero-order chi connectivity index (χ0) is 19.3. The van der Waals surface area contributed by atoms with Gasteiger partial charge in [-0.15, -0.1) is 10.2 Å². The number of benzene rings is 1. The molecule has 142 valence electrons. The first kappa shape index (κ1) is 18.1. The van der Waals surface area contributed by atoms with E-state index in [2.05, 4.69) is 33.1 Å². The minimum absolute atomic E-state index is 0.188. The summed E-state index contributed by atoms with van der Waals surface area (Å²) in [4.78, 5) is 20.8. The SMILES string of the molecule is Cc1ccccc1CC(=O)N1CCN(c2ccc(-c3ccncc3)nn2)CC1. The Morgan fingerprint density at radius 1 is 0.929 bits per heavy atom. The molecule has 4 rings (SSSR count). The maximum Gasteiger partial charge on any atom is 0.227 e. The number of nitrogens with zero attached hydrogens (tertiary/aromatic N) is 5. The Hall–Kier alpha value is -3.28. The monoisotopic (exact) mass is 373 g/mol. The third kappa shape index (κ3) is 4.01. The fraction of sp³-hybridized carbons (Fsp3) is 0.273. The van der Waals surface area contributed by atoms with Gasteiger partial charge in [-0.1, -0.05) is 24.3 Å². The molecule has 6 heteroatoms. The number of piperazine rings is 1. The van der Waals surface area contributed by atoms with E-state index < -0.39 is 0 Å². The molecule has 3 heterocycles. The Morgan fingerprint density at radius 2 is 1.68 bits per heavy atom. The fourth-order valence-corrected chi connectivity index (χ4v) is 3.44. The smallest absolute Gasteiger partial charge is 0.227 e. The molecule has 28 heavy (non-hydrogen) atoms. The fourth-order valence-electron chi connectivity index (χ4n) is 3.44. The first-order valence-electron chi connectivity index (χ1n) is 9.52. The summed E-state index contributed by atoms with van der Waals surface area (Å²) in [6.07, 6.45) is 3.96. The molecule has 1 fully saturated rings. The van der Waals surface area contributed by atoms with Crippen molar-refractivity contribution in [2.75, 3.05) is 31.1 Å². The molecule has 2 aromatic heterocycles. The second-order valence-corrected chi connectivity index (χ2v) is 6.98. The predicted molar refractivity (Wildman–Crippen MR) is 109 cm³/mol. The number of aromatic nitrogens is 3. The molecule has 1 amide bonds. The molecule has 1 saturated heterocycles. The van der Waals surface area contributed by atoms with E-state index in [1.165, 1.54) is 5.56 Å². The van der Waals surface area contributed by atoms with E-state index >= 15 is 0 Å². The largest absolute Gasteiger partial charge is 0.352 e. The van der Waals surface area contributed by atoms with Gasteiger partial charge in [0, 0.05) is 44.1 Å². The van der Waals surface area contributed by atoms with Crippen LogP contribution in [0.3, 0.4) is 0 Å². The highest BCUT2D eigenvalue weighted by molar-refractivity contribution is 5.79. The quantitative estimate of drug-likeness (QED) is 0.704. The summed E-state index contributed by atoms with van der Waals surface area (Å²) < 4.78 is 0. The number of rotatable bonds is 4. The Labute approximate surface area is 164 Å². The molecule has 3 aromatic rings. The molecule has 0 radical (unpaired) electrons. The van der Waals surface area contributed by atoms with Crippen molar-refractivity contribution in [2.24, 2.45) is 0 Å². The standard InChI is InChI=1S/C22H23N5O/c1-17-4-2-3-5-19(17)16-22(28)27-14-12-26(13-15-27)21-7-6-20(24-25-21)18-8-10-23-11-9-18/h2-11H,12-16H2,1H3. The zero-order valence-corrected chi connectivity index (χ0v) is 16.0. The Bertz CT molecular complexity index is 935. The summed E-state index contributed by atoms with van der Waals surface area (Å²) in [6.45, 7) is 5.00. The molecule has 0 atom stereocenters. The van der Waals surface area contributed by atoms with Gasteiger partial charge in [-0.2, -0.15) is 0 Å². The molecule has 0 aliphatic carbocycles. The van der Waals surface area contributed by atoms with E-state index in [1.54, 1.807) is 12.4 Å². The van der Waals surface area contributed by atoms with E-state index in [0.717, 1.165) is 35.7 Å². The summed E-state index contributed by atoms with van der Waals surface area (Å²) in [5, 5.41) is 8.72. The first-order valence-corrected chi connectivity index (χ1v) is 9.52. The molecule has 0 bridgehead atoms. The minimum Gasteiger partial charge on any atom is -0.352 e. The predicted octanol–water partition coefficient (Wildman–Crippen LogP) is 2.74. The molecular weight excluding hydrogens is 350 g/mol. The minimum atomic E-state index is 0.188. The van der Waals surface area contributed by atoms with Gasteiger partial charge in [-0.05, 0) is 42.3 Å². The highest BCUT2D eigenvalue weighted by Gasteiger charge is 2.22. The van der Waals surface area contributed by atoms with Crippen LogP contribution in [0.4, 0.5) is 5.82 Å². The van der Waals surface area contributed by atoms with Crippen molar-refractivity contribution in [1.29, 1.82) is 0 Å². The van der Waals surface area contributed by atoms with Crippen molar-refractivity contribution in [2.45, 2.75) is 13.3 Å². The lowest BCUT2D eigenvalue weighted by molar-refractivity contribution is -0.130. The van der Waals surface area contributed by atoms with E-state index in [9.17, 15) is 4.79 Å². The molecule has 1 aromatic carbocycles. The lowest BCUT2D eigenvalue weighted by atomic mass is 10.1. The number of hydrogen-bond donors (Lipinski definition) is 0. The number of carbonyl (C=O) groups is 1. The number of hydrogen-bond acceptors (Lipinski definition) is 5. The summed E-state index contributed by atoms with van der Waals surface area (Å²) in [7, 11) is 0. The summed E-state index contributed by atoms with van der Waals surface area (Å²) in [6, 6.07) is 15.9. The molecule has 6 nitrogen and oxygen atoms in total. The number of aryl methyl sites for hydroxylation is 1. The van der Waals surface area contributed by atoms with Crippen LogP contribution in [-0.4, -0.2) is 52.2 Å². The van der Waals surface area contributed by atoms with Gasteiger partial charge in [-0.25, -0.2) is 0 Å². The zero-order valence-electron chi connectivity index (χ0n) is 16.0. The third-order valence-corrected chi connectivity index (χ3v) is 5.19. The Kier molecular flexibility index (Phi) is 5.28. The van der Waals surface area contributed by atoms with Gasteiger partial charge in [0.25, 0.3) is 0 Å². The molecule has 0 saturated carbocycles.